The molecule has 1 amide bonds. The minimum atomic E-state index is -0.458. The van der Waals surface area contributed by atoms with Gasteiger partial charge in [-0.05, 0) is 35.8 Å². The maximum atomic E-state index is 12.7. The van der Waals surface area contributed by atoms with Crippen LogP contribution in [0.15, 0.2) is 29.4 Å². The predicted molar refractivity (Wildman–Crippen MR) is 85.8 cm³/mol. The highest BCUT2D eigenvalue weighted by atomic mass is 32.2. The molecule has 1 aromatic carbocycles. The monoisotopic (exact) mass is 346 g/mol. The van der Waals surface area contributed by atoms with E-state index in [2.05, 4.69) is 15.5 Å². The molecular formula is C14H14N6O3S. The molecule has 0 N–H and O–H groups in total. The Morgan fingerprint density at radius 1 is 1.29 bits per heavy atom. The fourth-order valence-electron chi connectivity index (χ4n) is 2.73. The van der Waals surface area contributed by atoms with Crippen molar-refractivity contribution < 1.29 is 9.72 Å². The first-order valence-electron chi connectivity index (χ1n) is 7.64. The molecule has 1 aromatic heterocycles. The molecule has 1 saturated heterocycles. The lowest BCUT2D eigenvalue weighted by Crippen LogP contribution is -2.28. The first kappa shape index (κ1) is 15.1. The summed E-state index contributed by atoms with van der Waals surface area (Å²) in [6.07, 6.45) is 2.79. The Kier molecular flexibility index (Phi) is 3.68. The Hall–Kier alpha value is -2.49. The van der Waals surface area contributed by atoms with E-state index in [0.29, 0.717) is 29.9 Å². The van der Waals surface area contributed by atoms with E-state index in [4.69, 9.17) is 0 Å². The summed E-state index contributed by atoms with van der Waals surface area (Å²) in [4.78, 5) is 24.7. The van der Waals surface area contributed by atoms with Gasteiger partial charge in [-0.1, -0.05) is 17.8 Å². The maximum Gasteiger partial charge on any atom is 0.271 e. The van der Waals surface area contributed by atoms with Crippen LogP contribution in [0.4, 0.5) is 11.4 Å². The van der Waals surface area contributed by atoms with E-state index in [1.165, 1.54) is 23.9 Å². The molecule has 1 aliphatic heterocycles. The number of hydrogen-bond donors (Lipinski definition) is 0. The van der Waals surface area contributed by atoms with Gasteiger partial charge in [0.25, 0.3) is 5.69 Å². The molecule has 1 saturated carbocycles. The Labute approximate surface area is 141 Å². The summed E-state index contributed by atoms with van der Waals surface area (Å²) >= 11 is 1.37. The SMILES string of the molecule is O=C1[C@@H](Sc2nnnn2C2CC2)CCN1c1cccc([N+](=O)[O-])c1. The van der Waals surface area contributed by atoms with Crippen LogP contribution in [-0.2, 0) is 4.79 Å². The average Bonchev–Trinajstić information content (AvgIpc) is 3.22. The number of tetrazole rings is 1. The zero-order valence-corrected chi connectivity index (χ0v) is 13.4. The summed E-state index contributed by atoms with van der Waals surface area (Å²) in [6.45, 7) is 0.530. The van der Waals surface area contributed by atoms with E-state index < -0.39 is 4.92 Å². The van der Waals surface area contributed by atoms with Crippen molar-refractivity contribution in [3.05, 3.63) is 34.4 Å². The summed E-state index contributed by atoms with van der Waals surface area (Å²) in [5.41, 5.74) is 0.535. The summed E-state index contributed by atoms with van der Waals surface area (Å²) in [6, 6.07) is 6.51. The minimum absolute atomic E-state index is 0.0194. The summed E-state index contributed by atoms with van der Waals surface area (Å²) in [5, 5.41) is 23.0. The van der Waals surface area contributed by atoms with Crippen molar-refractivity contribution in [1.29, 1.82) is 0 Å². The molecule has 10 heteroatoms. The van der Waals surface area contributed by atoms with Crippen LogP contribution < -0.4 is 4.90 Å². The highest BCUT2D eigenvalue weighted by Crippen LogP contribution is 2.39. The maximum absolute atomic E-state index is 12.7. The van der Waals surface area contributed by atoms with Crippen molar-refractivity contribution in [3.8, 4) is 0 Å². The standard InChI is InChI=1S/C14H14N6O3S/c21-13-12(24-14-15-16-17-19(14)9-4-5-9)6-7-18(13)10-2-1-3-11(8-10)20(22)23/h1-3,8-9,12H,4-7H2/t12-/m0/s1. The predicted octanol–water partition coefficient (Wildman–Crippen LogP) is 1.81. The first-order valence-corrected chi connectivity index (χ1v) is 8.52. The third kappa shape index (κ3) is 2.73. The number of non-ortho nitro benzene ring substituents is 1. The van der Waals surface area contributed by atoms with Crippen LogP contribution in [0, 0.1) is 10.1 Å². The van der Waals surface area contributed by atoms with Gasteiger partial charge in [0.15, 0.2) is 0 Å². The number of carbonyl (C=O) groups excluding carboxylic acids is 1. The Bertz CT molecular complexity index is 805. The first-order chi connectivity index (χ1) is 11.6. The van der Waals surface area contributed by atoms with Gasteiger partial charge in [0, 0.05) is 18.7 Å². The lowest BCUT2D eigenvalue weighted by atomic mass is 10.2. The number of nitrogens with zero attached hydrogens (tertiary/aromatic N) is 6. The number of rotatable bonds is 5. The van der Waals surface area contributed by atoms with Crippen LogP contribution in [0.25, 0.3) is 0 Å². The van der Waals surface area contributed by atoms with Crippen LogP contribution in [0.5, 0.6) is 0 Å². The molecule has 2 aromatic rings. The topological polar surface area (TPSA) is 107 Å². The fraction of sp³-hybridized carbons (Fsp3) is 0.429. The molecule has 0 bridgehead atoms. The molecular weight excluding hydrogens is 332 g/mol. The van der Waals surface area contributed by atoms with Crippen molar-refractivity contribution in [2.24, 2.45) is 0 Å². The lowest BCUT2D eigenvalue weighted by Gasteiger charge is -2.16. The van der Waals surface area contributed by atoms with Crippen molar-refractivity contribution in [2.75, 3.05) is 11.4 Å². The molecule has 2 fully saturated rings. The van der Waals surface area contributed by atoms with E-state index in [1.54, 1.807) is 21.7 Å². The molecule has 124 valence electrons. The number of nitro benzene ring substituents is 1. The number of carbonyl (C=O) groups is 1. The van der Waals surface area contributed by atoms with Gasteiger partial charge in [-0.3, -0.25) is 14.9 Å². The highest BCUT2D eigenvalue weighted by molar-refractivity contribution is 8.00. The van der Waals surface area contributed by atoms with Gasteiger partial charge in [0.05, 0.1) is 21.9 Å². The molecule has 4 rings (SSSR count). The third-order valence-electron chi connectivity index (χ3n) is 4.11. The summed E-state index contributed by atoms with van der Waals surface area (Å²) < 4.78 is 1.79. The molecule has 24 heavy (non-hydrogen) atoms. The fourth-order valence-corrected chi connectivity index (χ4v) is 3.82. The number of aromatic nitrogens is 4. The zero-order valence-electron chi connectivity index (χ0n) is 12.6. The smallest absolute Gasteiger partial charge is 0.271 e. The molecule has 0 radical (unpaired) electrons. The average molecular weight is 346 g/mol. The van der Waals surface area contributed by atoms with Crippen molar-refractivity contribution in [1.82, 2.24) is 20.2 Å². The van der Waals surface area contributed by atoms with E-state index in [0.717, 1.165) is 12.8 Å². The van der Waals surface area contributed by atoms with E-state index in [-0.39, 0.29) is 16.8 Å². The molecule has 0 spiro atoms. The highest BCUT2D eigenvalue weighted by Gasteiger charge is 2.36. The van der Waals surface area contributed by atoms with Crippen LogP contribution in [-0.4, -0.2) is 42.8 Å². The third-order valence-corrected chi connectivity index (χ3v) is 5.31. The normalized spacial score (nSPS) is 20.6. The molecule has 1 aliphatic carbocycles. The van der Waals surface area contributed by atoms with Gasteiger partial charge in [-0.2, -0.15) is 0 Å². The van der Waals surface area contributed by atoms with Crippen LogP contribution in [0.3, 0.4) is 0 Å². The second kappa shape index (κ2) is 5.86. The molecule has 0 unspecified atom stereocenters. The number of hydrogen-bond acceptors (Lipinski definition) is 7. The number of amides is 1. The van der Waals surface area contributed by atoms with E-state index >= 15 is 0 Å². The Balaban J connectivity index is 1.51. The number of thioether (sulfide) groups is 1. The second-order valence-corrected chi connectivity index (χ2v) is 6.97. The van der Waals surface area contributed by atoms with Gasteiger partial charge in [0.1, 0.15) is 0 Å². The van der Waals surface area contributed by atoms with Crippen molar-refractivity contribution >= 4 is 29.0 Å². The minimum Gasteiger partial charge on any atom is -0.311 e. The van der Waals surface area contributed by atoms with Crippen molar-refractivity contribution in [2.45, 2.75) is 35.7 Å². The molecule has 2 aliphatic rings. The van der Waals surface area contributed by atoms with Gasteiger partial charge >= 0.3 is 0 Å². The zero-order chi connectivity index (χ0) is 16.7. The number of nitro groups is 1. The van der Waals surface area contributed by atoms with Crippen LogP contribution in [0.2, 0.25) is 0 Å². The molecule has 2 heterocycles. The van der Waals surface area contributed by atoms with Gasteiger partial charge < -0.3 is 4.90 Å². The number of benzene rings is 1. The van der Waals surface area contributed by atoms with Crippen LogP contribution >= 0.6 is 11.8 Å². The second-order valence-electron chi connectivity index (χ2n) is 5.80. The van der Waals surface area contributed by atoms with Gasteiger partial charge in [0.2, 0.25) is 11.1 Å². The number of anilines is 1. The lowest BCUT2D eigenvalue weighted by molar-refractivity contribution is -0.384. The van der Waals surface area contributed by atoms with E-state index in [9.17, 15) is 14.9 Å². The largest absolute Gasteiger partial charge is 0.311 e. The Morgan fingerprint density at radius 3 is 2.88 bits per heavy atom. The quantitative estimate of drug-likeness (QED) is 0.600. The van der Waals surface area contributed by atoms with Crippen molar-refractivity contribution in [3.63, 3.8) is 0 Å². The van der Waals surface area contributed by atoms with Crippen LogP contribution in [0.1, 0.15) is 25.3 Å². The van der Waals surface area contributed by atoms with Gasteiger partial charge in [-0.15, -0.1) is 5.10 Å². The van der Waals surface area contributed by atoms with E-state index in [1.807, 2.05) is 0 Å². The molecule has 9 nitrogen and oxygen atoms in total. The summed E-state index contributed by atoms with van der Waals surface area (Å²) in [5.74, 6) is -0.0640. The Morgan fingerprint density at radius 2 is 2.12 bits per heavy atom. The molecule has 1 atom stereocenters. The summed E-state index contributed by atoms with van der Waals surface area (Å²) in [7, 11) is 0. The van der Waals surface area contributed by atoms with Gasteiger partial charge in [-0.25, -0.2) is 4.68 Å².